The summed E-state index contributed by atoms with van der Waals surface area (Å²) in [5.41, 5.74) is 1.87. The van der Waals surface area contributed by atoms with Crippen molar-refractivity contribution >= 4 is 16.6 Å². The van der Waals surface area contributed by atoms with Crippen molar-refractivity contribution in [2.24, 2.45) is 0 Å². The van der Waals surface area contributed by atoms with Crippen LogP contribution in [-0.4, -0.2) is 47.6 Å². The Labute approximate surface area is 150 Å². The van der Waals surface area contributed by atoms with E-state index in [1.165, 1.54) is 4.73 Å². The molecule has 0 atom stereocenters. The fourth-order valence-corrected chi connectivity index (χ4v) is 3.17. The standard InChI is InChI=1S/C19H20N4O3/c1-2-26-23-18(15-6-3-4-9-20-15)21-14-7-5-8-16(17(14)19(23)24)22-10-12-25-13-11-22/h3-9H,2,10-13H2,1H3. The zero-order valence-corrected chi connectivity index (χ0v) is 14.6. The Morgan fingerprint density at radius 3 is 2.73 bits per heavy atom. The van der Waals surface area contributed by atoms with Crippen molar-refractivity contribution in [3.63, 3.8) is 0 Å². The van der Waals surface area contributed by atoms with E-state index < -0.39 is 0 Å². The van der Waals surface area contributed by atoms with Crippen LogP contribution in [0.5, 0.6) is 0 Å². The molecular formula is C19H20N4O3. The second-order valence-electron chi connectivity index (χ2n) is 5.94. The van der Waals surface area contributed by atoms with Gasteiger partial charge in [-0.3, -0.25) is 9.78 Å². The highest BCUT2D eigenvalue weighted by Gasteiger charge is 2.20. The van der Waals surface area contributed by atoms with Crippen LogP contribution in [0.3, 0.4) is 0 Å². The third kappa shape index (κ3) is 2.90. The van der Waals surface area contributed by atoms with Gasteiger partial charge in [0, 0.05) is 19.3 Å². The van der Waals surface area contributed by atoms with Gasteiger partial charge >= 0.3 is 0 Å². The van der Waals surface area contributed by atoms with Gasteiger partial charge in [-0.15, -0.1) is 4.73 Å². The molecule has 0 amide bonds. The van der Waals surface area contributed by atoms with Crippen molar-refractivity contribution in [3.8, 4) is 11.5 Å². The SMILES string of the molecule is CCOn1c(-c2ccccn2)nc2cccc(N3CCOCC3)c2c1=O. The molecule has 3 aromatic rings. The molecule has 7 nitrogen and oxygen atoms in total. The van der Waals surface area contributed by atoms with Gasteiger partial charge < -0.3 is 14.5 Å². The molecule has 26 heavy (non-hydrogen) atoms. The van der Waals surface area contributed by atoms with Gasteiger partial charge in [0.1, 0.15) is 12.3 Å². The van der Waals surface area contributed by atoms with Crippen molar-refractivity contribution in [2.45, 2.75) is 6.92 Å². The van der Waals surface area contributed by atoms with E-state index in [-0.39, 0.29) is 5.56 Å². The molecule has 134 valence electrons. The lowest BCUT2D eigenvalue weighted by atomic mass is 10.1. The van der Waals surface area contributed by atoms with Crippen molar-refractivity contribution in [3.05, 3.63) is 52.9 Å². The van der Waals surface area contributed by atoms with Crippen LogP contribution in [0, 0.1) is 0 Å². The van der Waals surface area contributed by atoms with Crippen LogP contribution in [-0.2, 0) is 4.74 Å². The first-order valence-corrected chi connectivity index (χ1v) is 8.72. The second kappa shape index (κ2) is 7.13. The van der Waals surface area contributed by atoms with Crippen LogP contribution < -0.4 is 15.3 Å². The predicted octanol–water partition coefficient (Wildman–Crippen LogP) is 1.74. The normalized spacial score (nSPS) is 14.6. The first-order valence-electron chi connectivity index (χ1n) is 8.72. The lowest BCUT2D eigenvalue weighted by molar-refractivity contribution is 0.116. The molecule has 1 fully saturated rings. The minimum atomic E-state index is -0.223. The van der Waals surface area contributed by atoms with Crippen molar-refractivity contribution < 1.29 is 9.57 Å². The average Bonchev–Trinajstić information content (AvgIpc) is 2.71. The summed E-state index contributed by atoms with van der Waals surface area (Å²) in [5, 5.41) is 0.558. The Balaban J connectivity index is 1.96. The van der Waals surface area contributed by atoms with Gasteiger partial charge in [0.15, 0.2) is 5.82 Å². The molecule has 0 spiro atoms. The molecule has 1 saturated heterocycles. The summed E-state index contributed by atoms with van der Waals surface area (Å²) < 4.78 is 6.69. The van der Waals surface area contributed by atoms with E-state index in [1.807, 2.05) is 43.3 Å². The molecule has 0 radical (unpaired) electrons. The fraction of sp³-hybridized carbons (Fsp3) is 0.316. The molecule has 1 aromatic carbocycles. The van der Waals surface area contributed by atoms with Crippen molar-refractivity contribution in [1.29, 1.82) is 0 Å². The maximum absolute atomic E-state index is 13.3. The van der Waals surface area contributed by atoms with E-state index in [2.05, 4.69) is 9.88 Å². The molecule has 3 heterocycles. The Bertz CT molecular complexity index is 966. The Morgan fingerprint density at radius 2 is 2.00 bits per heavy atom. The van der Waals surface area contributed by atoms with Gasteiger partial charge in [0.05, 0.1) is 29.8 Å². The third-order valence-electron chi connectivity index (χ3n) is 4.34. The zero-order chi connectivity index (χ0) is 17.9. The molecular weight excluding hydrogens is 332 g/mol. The Morgan fingerprint density at radius 1 is 1.15 bits per heavy atom. The van der Waals surface area contributed by atoms with Crippen LogP contribution in [0.4, 0.5) is 5.69 Å². The van der Waals surface area contributed by atoms with Crippen molar-refractivity contribution in [1.82, 2.24) is 14.7 Å². The summed E-state index contributed by atoms with van der Waals surface area (Å²) >= 11 is 0. The molecule has 7 heteroatoms. The van der Waals surface area contributed by atoms with E-state index in [1.54, 1.807) is 6.20 Å². The fourth-order valence-electron chi connectivity index (χ4n) is 3.17. The van der Waals surface area contributed by atoms with Crippen LogP contribution >= 0.6 is 0 Å². The van der Waals surface area contributed by atoms with Crippen LogP contribution in [0.2, 0.25) is 0 Å². The molecule has 0 bridgehead atoms. The van der Waals surface area contributed by atoms with Gasteiger partial charge in [-0.05, 0) is 31.2 Å². The predicted molar refractivity (Wildman–Crippen MR) is 99.4 cm³/mol. The van der Waals surface area contributed by atoms with Gasteiger partial charge in [0.25, 0.3) is 5.56 Å². The molecule has 0 unspecified atom stereocenters. The van der Waals surface area contributed by atoms with E-state index >= 15 is 0 Å². The number of pyridine rings is 1. The minimum Gasteiger partial charge on any atom is -0.409 e. The quantitative estimate of drug-likeness (QED) is 0.712. The smallest absolute Gasteiger partial charge is 0.296 e. The number of rotatable bonds is 4. The van der Waals surface area contributed by atoms with Crippen LogP contribution in [0.15, 0.2) is 47.4 Å². The first-order chi connectivity index (χ1) is 12.8. The van der Waals surface area contributed by atoms with E-state index in [4.69, 9.17) is 14.6 Å². The summed E-state index contributed by atoms with van der Waals surface area (Å²) in [6.07, 6.45) is 1.67. The zero-order valence-electron chi connectivity index (χ0n) is 14.6. The summed E-state index contributed by atoms with van der Waals surface area (Å²) in [7, 11) is 0. The maximum Gasteiger partial charge on any atom is 0.296 e. The largest absolute Gasteiger partial charge is 0.409 e. The van der Waals surface area contributed by atoms with E-state index in [0.29, 0.717) is 42.2 Å². The molecule has 0 saturated carbocycles. The number of nitrogens with zero attached hydrogens (tertiary/aromatic N) is 4. The summed E-state index contributed by atoms with van der Waals surface area (Å²) in [6, 6.07) is 11.2. The van der Waals surface area contributed by atoms with E-state index in [9.17, 15) is 4.79 Å². The van der Waals surface area contributed by atoms with Gasteiger partial charge in [-0.1, -0.05) is 12.1 Å². The molecule has 4 rings (SSSR count). The topological polar surface area (TPSA) is 69.5 Å². The highest BCUT2D eigenvalue weighted by atomic mass is 16.7. The molecule has 0 N–H and O–H groups in total. The molecule has 1 aliphatic rings. The lowest BCUT2D eigenvalue weighted by Crippen LogP contribution is -2.38. The maximum atomic E-state index is 13.3. The molecule has 0 aliphatic carbocycles. The number of ether oxygens (including phenoxy) is 1. The number of anilines is 1. The molecule has 2 aromatic heterocycles. The van der Waals surface area contributed by atoms with Gasteiger partial charge in [-0.25, -0.2) is 4.98 Å². The number of fused-ring (bicyclic) bond motifs is 1. The summed E-state index contributed by atoms with van der Waals surface area (Å²) in [5.74, 6) is 0.407. The average molecular weight is 352 g/mol. The van der Waals surface area contributed by atoms with Crippen LogP contribution in [0.1, 0.15) is 6.92 Å². The van der Waals surface area contributed by atoms with Gasteiger partial charge in [0.2, 0.25) is 0 Å². The lowest BCUT2D eigenvalue weighted by Gasteiger charge is -2.29. The third-order valence-corrected chi connectivity index (χ3v) is 4.34. The Kier molecular flexibility index (Phi) is 4.53. The number of hydrogen-bond acceptors (Lipinski definition) is 6. The Hall–Kier alpha value is -2.93. The molecule has 1 aliphatic heterocycles. The monoisotopic (exact) mass is 352 g/mol. The summed E-state index contributed by atoms with van der Waals surface area (Å²) in [4.78, 5) is 30.1. The van der Waals surface area contributed by atoms with Crippen LogP contribution in [0.25, 0.3) is 22.4 Å². The second-order valence-corrected chi connectivity index (χ2v) is 5.94. The minimum absolute atomic E-state index is 0.223. The van der Waals surface area contributed by atoms with E-state index in [0.717, 1.165) is 18.8 Å². The highest BCUT2D eigenvalue weighted by molar-refractivity contribution is 5.92. The highest BCUT2D eigenvalue weighted by Crippen LogP contribution is 2.25. The summed E-state index contributed by atoms with van der Waals surface area (Å²) in [6.45, 7) is 4.98. The number of hydrogen-bond donors (Lipinski definition) is 0. The number of aromatic nitrogens is 3. The number of morpholine rings is 1. The van der Waals surface area contributed by atoms with Crippen molar-refractivity contribution in [2.75, 3.05) is 37.8 Å². The van der Waals surface area contributed by atoms with Gasteiger partial charge in [-0.2, -0.15) is 0 Å². The first kappa shape index (κ1) is 16.5. The number of benzene rings is 1.